The van der Waals surface area contributed by atoms with E-state index in [1.807, 2.05) is 36.4 Å². The van der Waals surface area contributed by atoms with Crippen LogP contribution in [0.15, 0.2) is 48.5 Å². The highest BCUT2D eigenvalue weighted by Gasteiger charge is 2.05. The number of benzene rings is 2. The van der Waals surface area contributed by atoms with Crippen LogP contribution in [0.25, 0.3) is 0 Å². The summed E-state index contributed by atoms with van der Waals surface area (Å²) in [6.45, 7) is 0. The van der Waals surface area contributed by atoms with Crippen LogP contribution in [0.4, 0.5) is 5.69 Å². The first kappa shape index (κ1) is 13.4. The van der Waals surface area contributed by atoms with E-state index in [0.29, 0.717) is 11.4 Å². The quantitative estimate of drug-likeness (QED) is 0.633. The maximum absolute atomic E-state index is 12.0. The summed E-state index contributed by atoms with van der Waals surface area (Å²) in [7, 11) is 0. The van der Waals surface area contributed by atoms with E-state index < -0.39 is 0 Å². The smallest absolute Gasteiger partial charge is 0.255 e. The average Bonchev–Trinajstić information content (AvgIpc) is 2.41. The molecule has 2 nitrogen and oxygen atoms in total. The van der Waals surface area contributed by atoms with Gasteiger partial charge in [0.25, 0.3) is 5.91 Å². The Morgan fingerprint density at radius 1 is 1.06 bits per heavy atom. The zero-order valence-corrected chi connectivity index (χ0v) is 12.4. The molecule has 0 spiro atoms. The molecule has 0 aliphatic heterocycles. The molecule has 0 aromatic heterocycles. The van der Waals surface area contributed by atoms with Crippen molar-refractivity contribution in [1.29, 1.82) is 0 Å². The molecule has 0 saturated heterocycles. The Labute approximate surface area is 124 Å². The summed E-state index contributed by atoms with van der Waals surface area (Å²) in [5.41, 5.74) is 2.42. The van der Waals surface area contributed by atoms with E-state index in [4.69, 9.17) is 11.6 Å². The van der Waals surface area contributed by atoms with Gasteiger partial charge in [0.2, 0.25) is 0 Å². The number of carbonyl (C=O) groups excluding carboxylic acids is 1. The lowest BCUT2D eigenvalue weighted by Crippen LogP contribution is -2.11. The van der Waals surface area contributed by atoms with Crippen LogP contribution < -0.4 is 5.32 Å². The molecule has 0 aliphatic carbocycles. The van der Waals surface area contributed by atoms with Crippen LogP contribution in [0.5, 0.6) is 0 Å². The molecule has 0 unspecified atom stereocenters. The second-order valence-electron chi connectivity index (χ2n) is 3.79. The van der Waals surface area contributed by atoms with Gasteiger partial charge in [-0.3, -0.25) is 4.79 Å². The summed E-state index contributed by atoms with van der Waals surface area (Å²) in [6, 6.07) is 14.9. The zero-order valence-electron chi connectivity index (χ0n) is 9.49. The minimum atomic E-state index is -0.114. The molecule has 0 fully saturated rings. The van der Waals surface area contributed by atoms with E-state index in [1.165, 1.54) is 0 Å². The van der Waals surface area contributed by atoms with Crippen LogP contribution in [0.1, 0.15) is 15.9 Å². The molecule has 0 saturated carbocycles. The summed E-state index contributed by atoms with van der Waals surface area (Å²) >= 11 is 7.93. The fourth-order valence-electron chi connectivity index (χ4n) is 1.48. The van der Waals surface area contributed by atoms with Crippen molar-refractivity contribution in [3.05, 3.63) is 63.2 Å². The molecule has 1 amide bonds. The molecule has 0 heterocycles. The van der Waals surface area contributed by atoms with Gasteiger partial charge in [0.15, 0.2) is 0 Å². The summed E-state index contributed by atoms with van der Waals surface area (Å²) in [6.07, 6.45) is 0. The van der Waals surface area contributed by atoms with Crippen molar-refractivity contribution in [2.75, 3.05) is 5.32 Å². The molecule has 18 heavy (non-hydrogen) atoms. The maximum Gasteiger partial charge on any atom is 0.255 e. The predicted molar refractivity (Wildman–Crippen MR) is 83.1 cm³/mol. The first-order valence-corrected chi connectivity index (χ1v) is 7.02. The Kier molecular flexibility index (Phi) is 4.60. The number of rotatable bonds is 3. The van der Waals surface area contributed by atoms with Gasteiger partial charge in [0.05, 0.1) is 0 Å². The van der Waals surface area contributed by atoms with Gasteiger partial charge in [0.1, 0.15) is 0 Å². The van der Waals surface area contributed by atoms with Gasteiger partial charge in [-0.2, -0.15) is 0 Å². The third kappa shape index (κ3) is 3.46. The van der Waals surface area contributed by atoms with Crippen molar-refractivity contribution >= 4 is 45.8 Å². The Morgan fingerprint density at radius 2 is 1.67 bits per heavy atom. The van der Waals surface area contributed by atoms with Gasteiger partial charge in [-0.15, -0.1) is 11.6 Å². The minimum Gasteiger partial charge on any atom is -0.322 e. The number of hydrogen-bond acceptors (Lipinski definition) is 1. The molecular weight excluding hydrogens is 361 g/mol. The van der Waals surface area contributed by atoms with Gasteiger partial charge in [0, 0.05) is 20.7 Å². The standard InChI is InChI=1S/C14H11ClINO/c15-9-10-1-3-11(4-2-10)14(18)17-13-7-5-12(16)6-8-13/h1-8H,9H2,(H,17,18). The molecule has 4 heteroatoms. The van der Waals surface area contributed by atoms with Crippen molar-refractivity contribution in [3.63, 3.8) is 0 Å². The van der Waals surface area contributed by atoms with Crippen LogP contribution >= 0.6 is 34.2 Å². The Hall–Kier alpha value is -1.07. The molecule has 1 N–H and O–H groups in total. The highest BCUT2D eigenvalue weighted by Crippen LogP contribution is 2.13. The van der Waals surface area contributed by atoms with Crippen molar-refractivity contribution in [1.82, 2.24) is 0 Å². The van der Waals surface area contributed by atoms with Crippen LogP contribution in [0.3, 0.4) is 0 Å². The summed E-state index contributed by atoms with van der Waals surface area (Å²) in [5, 5.41) is 2.85. The third-order valence-electron chi connectivity index (χ3n) is 2.47. The highest BCUT2D eigenvalue weighted by atomic mass is 127. The Balaban J connectivity index is 2.09. The Morgan fingerprint density at radius 3 is 2.22 bits per heavy atom. The molecule has 0 atom stereocenters. The van der Waals surface area contributed by atoms with Crippen molar-refractivity contribution in [2.24, 2.45) is 0 Å². The van der Waals surface area contributed by atoms with Gasteiger partial charge in [-0.1, -0.05) is 12.1 Å². The van der Waals surface area contributed by atoms with Gasteiger partial charge >= 0.3 is 0 Å². The lowest BCUT2D eigenvalue weighted by Gasteiger charge is -2.05. The molecule has 2 rings (SSSR count). The first-order chi connectivity index (χ1) is 8.69. The largest absolute Gasteiger partial charge is 0.322 e. The molecule has 2 aromatic carbocycles. The normalized spacial score (nSPS) is 10.1. The molecule has 92 valence electrons. The molecular formula is C14H11ClINO. The topological polar surface area (TPSA) is 29.1 Å². The van der Waals surface area contributed by atoms with Gasteiger partial charge in [-0.05, 0) is 64.6 Å². The lowest BCUT2D eigenvalue weighted by molar-refractivity contribution is 0.102. The van der Waals surface area contributed by atoms with Gasteiger partial charge in [-0.25, -0.2) is 0 Å². The molecule has 0 bridgehead atoms. The van der Waals surface area contributed by atoms with Crippen LogP contribution in [0, 0.1) is 3.57 Å². The fraction of sp³-hybridized carbons (Fsp3) is 0.0714. The van der Waals surface area contributed by atoms with Crippen LogP contribution in [-0.2, 0) is 5.88 Å². The number of carbonyl (C=O) groups is 1. The summed E-state index contributed by atoms with van der Waals surface area (Å²) in [5.74, 6) is 0.344. The van der Waals surface area contributed by atoms with Gasteiger partial charge < -0.3 is 5.32 Å². The second-order valence-corrected chi connectivity index (χ2v) is 5.30. The van der Waals surface area contributed by atoms with E-state index in [9.17, 15) is 4.79 Å². The third-order valence-corrected chi connectivity index (χ3v) is 3.50. The van der Waals surface area contributed by atoms with Crippen molar-refractivity contribution < 1.29 is 4.79 Å². The van der Waals surface area contributed by atoms with Crippen molar-refractivity contribution in [2.45, 2.75) is 5.88 Å². The monoisotopic (exact) mass is 371 g/mol. The predicted octanol–water partition coefficient (Wildman–Crippen LogP) is 4.28. The lowest BCUT2D eigenvalue weighted by atomic mass is 10.1. The van der Waals surface area contributed by atoms with Crippen molar-refractivity contribution in [3.8, 4) is 0 Å². The summed E-state index contributed by atoms with van der Waals surface area (Å²) < 4.78 is 1.14. The minimum absolute atomic E-state index is 0.114. The number of nitrogens with one attached hydrogen (secondary N) is 1. The molecule has 0 radical (unpaired) electrons. The number of amides is 1. The van der Waals surface area contributed by atoms with E-state index >= 15 is 0 Å². The van der Waals surface area contributed by atoms with E-state index in [1.54, 1.807) is 12.1 Å². The second kappa shape index (κ2) is 6.20. The highest BCUT2D eigenvalue weighted by molar-refractivity contribution is 14.1. The summed E-state index contributed by atoms with van der Waals surface area (Å²) in [4.78, 5) is 12.0. The zero-order chi connectivity index (χ0) is 13.0. The SMILES string of the molecule is O=C(Nc1ccc(I)cc1)c1ccc(CCl)cc1. The number of halogens is 2. The van der Waals surface area contributed by atoms with E-state index in [2.05, 4.69) is 27.9 Å². The van der Waals surface area contributed by atoms with Crippen LogP contribution in [0.2, 0.25) is 0 Å². The van der Waals surface area contributed by atoms with E-state index in [-0.39, 0.29) is 5.91 Å². The molecule has 2 aromatic rings. The first-order valence-electron chi connectivity index (χ1n) is 5.41. The number of anilines is 1. The molecule has 0 aliphatic rings. The Bertz CT molecular complexity index is 537. The van der Waals surface area contributed by atoms with Crippen LogP contribution in [-0.4, -0.2) is 5.91 Å². The number of hydrogen-bond donors (Lipinski definition) is 1. The fourth-order valence-corrected chi connectivity index (χ4v) is 2.02. The average molecular weight is 372 g/mol. The number of alkyl halides is 1. The van der Waals surface area contributed by atoms with E-state index in [0.717, 1.165) is 14.8 Å². The maximum atomic E-state index is 12.0.